The Labute approximate surface area is 104 Å². The molecule has 2 aromatic rings. The summed E-state index contributed by atoms with van der Waals surface area (Å²) >= 11 is 1.11. The van der Waals surface area contributed by atoms with Crippen molar-refractivity contribution in [2.24, 2.45) is 5.73 Å². The zero-order valence-electron chi connectivity index (χ0n) is 9.81. The standard InChI is InChI=1S/C10H9N3OS.C2H6/c11-9(14)8-7(13-10(12)15-8)6-4-2-1-3-5-6;1-2/h1-5H,(H2,11,14)(H2,12,13);1-2H3. The predicted molar refractivity (Wildman–Crippen MR) is 71.8 cm³/mol. The molecule has 0 atom stereocenters. The van der Waals surface area contributed by atoms with Crippen molar-refractivity contribution >= 4 is 22.4 Å². The first kappa shape index (κ1) is 13.2. The van der Waals surface area contributed by atoms with E-state index in [4.69, 9.17) is 11.5 Å². The minimum Gasteiger partial charge on any atom is -0.375 e. The second-order valence-electron chi connectivity index (χ2n) is 2.96. The lowest BCUT2D eigenvalue weighted by Crippen LogP contribution is -2.10. The molecular weight excluding hydrogens is 234 g/mol. The number of nitrogen functional groups attached to an aromatic ring is 1. The number of rotatable bonds is 2. The maximum Gasteiger partial charge on any atom is 0.261 e. The van der Waals surface area contributed by atoms with E-state index in [-0.39, 0.29) is 0 Å². The van der Waals surface area contributed by atoms with Crippen LogP contribution in [-0.2, 0) is 0 Å². The highest BCUT2D eigenvalue weighted by atomic mass is 32.1. The lowest BCUT2D eigenvalue weighted by atomic mass is 10.1. The van der Waals surface area contributed by atoms with E-state index in [1.807, 2.05) is 44.2 Å². The Bertz CT molecular complexity index is 494. The quantitative estimate of drug-likeness (QED) is 0.858. The molecule has 0 aliphatic heterocycles. The Hall–Kier alpha value is -1.88. The number of anilines is 1. The Balaban J connectivity index is 0.000000686. The number of hydrogen-bond donors (Lipinski definition) is 2. The summed E-state index contributed by atoms with van der Waals surface area (Å²) in [5, 5.41) is 0.350. The Kier molecular flexibility index (Phi) is 4.66. The van der Waals surface area contributed by atoms with Crippen LogP contribution < -0.4 is 11.5 Å². The summed E-state index contributed by atoms with van der Waals surface area (Å²) in [6, 6.07) is 9.36. The first-order chi connectivity index (χ1) is 8.18. The second kappa shape index (κ2) is 6.00. The maximum absolute atomic E-state index is 11.1. The number of primary amides is 1. The molecule has 0 bridgehead atoms. The molecule has 0 aliphatic rings. The third kappa shape index (κ3) is 3.04. The summed E-state index contributed by atoms with van der Waals surface area (Å²) in [6.07, 6.45) is 0. The first-order valence-corrected chi connectivity index (χ1v) is 6.11. The molecule has 0 unspecified atom stereocenters. The van der Waals surface area contributed by atoms with Gasteiger partial charge >= 0.3 is 0 Å². The molecule has 0 saturated carbocycles. The SMILES string of the molecule is CC.NC(=O)c1sc(N)nc1-c1ccccc1. The number of benzene rings is 1. The zero-order valence-corrected chi connectivity index (χ0v) is 10.6. The molecule has 5 heteroatoms. The third-order valence-corrected chi connectivity index (χ3v) is 2.81. The number of amides is 1. The minimum atomic E-state index is -0.497. The van der Waals surface area contributed by atoms with Crippen molar-refractivity contribution in [1.29, 1.82) is 0 Å². The lowest BCUT2D eigenvalue weighted by molar-refractivity contribution is 0.100. The molecule has 17 heavy (non-hydrogen) atoms. The fraction of sp³-hybridized carbons (Fsp3) is 0.167. The lowest BCUT2D eigenvalue weighted by Gasteiger charge is -1.97. The molecule has 0 spiro atoms. The van der Waals surface area contributed by atoms with Crippen LogP contribution in [0, 0.1) is 0 Å². The molecule has 0 aliphatic carbocycles. The Morgan fingerprint density at radius 1 is 1.24 bits per heavy atom. The van der Waals surface area contributed by atoms with Gasteiger partial charge in [0.15, 0.2) is 5.13 Å². The molecule has 0 radical (unpaired) electrons. The van der Waals surface area contributed by atoms with Crippen molar-refractivity contribution in [2.45, 2.75) is 13.8 Å². The maximum atomic E-state index is 11.1. The van der Waals surface area contributed by atoms with Crippen LogP contribution in [0.15, 0.2) is 30.3 Å². The van der Waals surface area contributed by atoms with Gasteiger partial charge in [-0.1, -0.05) is 55.5 Å². The van der Waals surface area contributed by atoms with Gasteiger partial charge in [-0.25, -0.2) is 4.98 Å². The molecule has 1 aromatic heterocycles. The van der Waals surface area contributed by atoms with Gasteiger partial charge in [-0.15, -0.1) is 0 Å². The van der Waals surface area contributed by atoms with Gasteiger partial charge in [-0.2, -0.15) is 0 Å². The number of carbonyl (C=O) groups excluding carboxylic acids is 1. The van der Waals surface area contributed by atoms with E-state index in [0.717, 1.165) is 16.9 Å². The highest BCUT2D eigenvalue weighted by Crippen LogP contribution is 2.28. The zero-order chi connectivity index (χ0) is 12.8. The third-order valence-electron chi connectivity index (χ3n) is 1.91. The van der Waals surface area contributed by atoms with Crippen LogP contribution in [0.4, 0.5) is 5.13 Å². The van der Waals surface area contributed by atoms with Gasteiger partial charge in [0.25, 0.3) is 5.91 Å². The van der Waals surface area contributed by atoms with E-state index in [2.05, 4.69) is 4.98 Å². The fourth-order valence-electron chi connectivity index (χ4n) is 1.30. The summed E-state index contributed by atoms with van der Waals surface area (Å²) in [7, 11) is 0. The van der Waals surface area contributed by atoms with E-state index in [1.54, 1.807) is 0 Å². The largest absolute Gasteiger partial charge is 0.375 e. The molecular formula is C12H15N3OS. The van der Waals surface area contributed by atoms with Gasteiger partial charge in [0.1, 0.15) is 4.88 Å². The van der Waals surface area contributed by atoms with E-state index >= 15 is 0 Å². The molecule has 1 amide bonds. The molecule has 4 nitrogen and oxygen atoms in total. The van der Waals surface area contributed by atoms with Crippen molar-refractivity contribution in [1.82, 2.24) is 4.98 Å². The van der Waals surface area contributed by atoms with Crippen LogP contribution in [0.25, 0.3) is 11.3 Å². The average molecular weight is 249 g/mol. The van der Waals surface area contributed by atoms with Crippen LogP contribution >= 0.6 is 11.3 Å². The van der Waals surface area contributed by atoms with E-state index in [9.17, 15) is 4.79 Å². The van der Waals surface area contributed by atoms with Crippen LogP contribution in [0.1, 0.15) is 23.5 Å². The predicted octanol–water partition coefficient (Wildman–Crippen LogP) is 2.52. The number of nitrogens with zero attached hydrogens (tertiary/aromatic N) is 1. The normalized spacial score (nSPS) is 9.29. The molecule has 90 valence electrons. The highest BCUT2D eigenvalue weighted by molar-refractivity contribution is 7.17. The summed E-state index contributed by atoms with van der Waals surface area (Å²) in [4.78, 5) is 15.6. The number of nitrogens with two attached hydrogens (primary N) is 2. The van der Waals surface area contributed by atoms with Crippen LogP contribution in [-0.4, -0.2) is 10.9 Å². The molecule has 1 heterocycles. The van der Waals surface area contributed by atoms with Crippen molar-refractivity contribution in [3.63, 3.8) is 0 Å². The number of carbonyl (C=O) groups is 1. The molecule has 0 fully saturated rings. The molecule has 4 N–H and O–H groups in total. The highest BCUT2D eigenvalue weighted by Gasteiger charge is 2.15. The summed E-state index contributed by atoms with van der Waals surface area (Å²) < 4.78 is 0. The molecule has 2 rings (SSSR count). The molecule has 1 aromatic carbocycles. The van der Waals surface area contributed by atoms with Crippen LogP contribution in [0.3, 0.4) is 0 Å². The van der Waals surface area contributed by atoms with Gasteiger partial charge in [0, 0.05) is 5.56 Å². The monoisotopic (exact) mass is 249 g/mol. The van der Waals surface area contributed by atoms with Gasteiger partial charge in [-0.3, -0.25) is 4.79 Å². The van der Waals surface area contributed by atoms with E-state index in [1.165, 1.54) is 0 Å². The van der Waals surface area contributed by atoms with E-state index < -0.39 is 5.91 Å². The van der Waals surface area contributed by atoms with Crippen molar-refractivity contribution in [2.75, 3.05) is 5.73 Å². The number of hydrogen-bond acceptors (Lipinski definition) is 4. The van der Waals surface area contributed by atoms with Crippen LogP contribution in [0.2, 0.25) is 0 Å². The van der Waals surface area contributed by atoms with E-state index in [0.29, 0.717) is 15.7 Å². The second-order valence-corrected chi connectivity index (χ2v) is 3.99. The van der Waals surface area contributed by atoms with Crippen LogP contribution in [0.5, 0.6) is 0 Å². The average Bonchev–Trinajstić information content (AvgIpc) is 2.75. The van der Waals surface area contributed by atoms with Crippen molar-refractivity contribution in [3.05, 3.63) is 35.2 Å². The summed E-state index contributed by atoms with van der Waals surface area (Å²) in [6.45, 7) is 4.00. The van der Waals surface area contributed by atoms with Crippen molar-refractivity contribution < 1.29 is 4.79 Å². The fourth-order valence-corrected chi connectivity index (χ4v) is 2.00. The number of aromatic nitrogens is 1. The number of thiazole rings is 1. The summed E-state index contributed by atoms with van der Waals surface area (Å²) in [5.74, 6) is -0.497. The topological polar surface area (TPSA) is 82.0 Å². The summed E-state index contributed by atoms with van der Waals surface area (Å²) in [5.41, 5.74) is 12.2. The minimum absolute atomic E-state index is 0.350. The Morgan fingerprint density at radius 3 is 2.35 bits per heavy atom. The first-order valence-electron chi connectivity index (χ1n) is 5.30. The smallest absolute Gasteiger partial charge is 0.261 e. The Morgan fingerprint density at radius 2 is 1.82 bits per heavy atom. The van der Waals surface area contributed by atoms with Gasteiger partial charge in [-0.05, 0) is 0 Å². The van der Waals surface area contributed by atoms with Gasteiger partial charge in [0.2, 0.25) is 0 Å². The molecule has 0 saturated heterocycles. The van der Waals surface area contributed by atoms with Gasteiger partial charge < -0.3 is 11.5 Å². The van der Waals surface area contributed by atoms with Gasteiger partial charge in [0.05, 0.1) is 5.69 Å². The van der Waals surface area contributed by atoms with Crippen molar-refractivity contribution in [3.8, 4) is 11.3 Å².